The Balaban J connectivity index is 2.22. The number of aromatic nitrogens is 2. The number of aromatic carboxylic acids is 1. The Hall–Kier alpha value is -2.43. The first kappa shape index (κ1) is 12.0. The van der Waals surface area contributed by atoms with Gasteiger partial charge in [0.25, 0.3) is 0 Å². The lowest BCUT2D eigenvalue weighted by Crippen LogP contribution is -2.12. The van der Waals surface area contributed by atoms with E-state index < -0.39 is 5.97 Å². The molecule has 0 radical (unpaired) electrons. The number of carboxylic acids is 1. The monoisotopic (exact) mass is 243 g/mol. The van der Waals surface area contributed by atoms with Gasteiger partial charge < -0.3 is 10.4 Å². The van der Waals surface area contributed by atoms with Gasteiger partial charge in [0, 0.05) is 18.6 Å². The Morgan fingerprint density at radius 3 is 2.67 bits per heavy atom. The number of hydrogen-bond donors (Lipinski definition) is 2. The molecule has 92 valence electrons. The summed E-state index contributed by atoms with van der Waals surface area (Å²) in [5, 5.41) is 12.1. The molecule has 2 rings (SSSR count). The third kappa shape index (κ3) is 2.63. The SMILES string of the molecule is CC(Nc1ncccc1C(=O)O)c1ccncc1. The quantitative estimate of drug-likeness (QED) is 0.862. The van der Waals surface area contributed by atoms with E-state index in [4.69, 9.17) is 5.11 Å². The summed E-state index contributed by atoms with van der Waals surface area (Å²) in [5.74, 6) is -0.623. The highest BCUT2D eigenvalue weighted by atomic mass is 16.4. The predicted octanol–water partition coefficient (Wildman–Crippen LogP) is 2.35. The molecule has 18 heavy (non-hydrogen) atoms. The van der Waals surface area contributed by atoms with Crippen molar-refractivity contribution in [3.05, 3.63) is 54.0 Å². The molecule has 0 saturated heterocycles. The summed E-state index contributed by atoms with van der Waals surface area (Å²) in [6, 6.07) is 6.84. The molecule has 0 amide bonds. The van der Waals surface area contributed by atoms with Gasteiger partial charge in [-0.15, -0.1) is 0 Å². The first-order chi connectivity index (χ1) is 8.68. The molecule has 0 aliphatic carbocycles. The Labute approximate surface area is 105 Å². The van der Waals surface area contributed by atoms with Gasteiger partial charge in [-0.2, -0.15) is 0 Å². The standard InChI is InChI=1S/C13H13N3O2/c1-9(10-4-7-14-8-5-10)16-12-11(13(17)18)3-2-6-15-12/h2-9H,1H3,(H,15,16)(H,17,18). The summed E-state index contributed by atoms with van der Waals surface area (Å²) in [6.45, 7) is 1.94. The smallest absolute Gasteiger partial charge is 0.339 e. The number of carboxylic acid groups (broad SMARTS) is 1. The lowest BCUT2D eigenvalue weighted by molar-refractivity contribution is 0.0697. The molecule has 1 unspecified atom stereocenters. The van der Waals surface area contributed by atoms with E-state index in [0.717, 1.165) is 5.56 Å². The number of nitrogens with one attached hydrogen (secondary N) is 1. The molecule has 5 nitrogen and oxygen atoms in total. The van der Waals surface area contributed by atoms with E-state index in [1.807, 2.05) is 19.1 Å². The van der Waals surface area contributed by atoms with Gasteiger partial charge in [0.2, 0.25) is 0 Å². The average molecular weight is 243 g/mol. The van der Waals surface area contributed by atoms with Crippen LogP contribution in [0.1, 0.15) is 28.9 Å². The van der Waals surface area contributed by atoms with Crippen molar-refractivity contribution in [2.45, 2.75) is 13.0 Å². The Morgan fingerprint density at radius 2 is 2.00 bits per heavy atom. The van der Waals surface area contributed by atoms with Gasteiger partial charge in [0.05, 0.1) is 6.04 Å². The maximum atomic E-state index is 11.0. The normalized spacial score (nSPS) is 11.8. The zero-order valence-corrected chi connectivity index (χ0v) is 9.87. The van der Waals surface area contributed by atoms with Crippen LogP contribution in [0.3, 0.4) is 0 Å². The fourth-order valence-corrected chi connectivity index (χ4v) is 1.63. The molecule has 2 N–H and O–H groups in total. The van der Waals surface area contributed by atoms with Gasteiger partial charge in [-0.05, 0) is 36.8 Å². The lowest BCUT2D eigenvalue weighted by Gasteiger charge is -2.15. The first-order valence-corrected chi connectivity index (χ1v) is 5.53. The second kappa shape index (κ2) is 5.27. The number of pyridine rings is 2. The Bertz CT molecular complexity index is 543. The van der Waals surface area contributed by atoms with Crippen LogP contribution in [0.25, 0.3) is 0 Å². The van der Waals surface area contributed by atoms with E-state index in [1.54, 1.807) is 24.7 Å². The second-order valence-electron chi connectivity index (χ2n) is 3.85. The van der Waals surface area contributed by atoms with E-state index in [2.05, 4.69) is 15.3 Å². The molecule has 0 spiro atoms. The summed E-state index contributed by atoms with van der Waals surface area (Å²) >= 11 is 0. The van der Waals surface area contributed by atoms with Gasteiger partial charge in [-0.3, -0.25) is 4.98 Å². The minimum atomic E-state index is -0.993. The highest BCUT2D eigenvalue weighted by molar-refractivity contribution is 5.93. The zero-order chi connectivity index (χ0) is 13.0. The van der Waals surface area contributed by atoms with Gasteiger partial charge >= 0.3 is 5.97 Å². The summed E-state index contributed by atoms with van der Waals surface area (Å²) in [4.78, 5) is 19.1. The maximum absolute atomic E-state index is 11.0. The van der Waals surface area contributed by atoms with E-state index in [0.29, 0.717) is 5.82 Å². The predicted molar refractivity (Wildman–Crippen MR) is 67.5 cm³/mol. The van der Waals surface area contributed by atoms with Crippen LogP contribution >= 0.6 is 0 Å². The third-order valence-electron chi connectivity index (χ3n) is 2.60. The van der Waals surface area contributed by atoms with Crippen molar-refractivity contribution in [1.82, 2.24) is 9.97 Å². The van der Waals surface area contributed by atoms with Crippen LogP contribution in [0.2, 0.25) is 0 Å². The van der Waals surface area contributed by atoms with Crippen molar-refractivity contribution in [2.24, 2.45) is 0 Å². The Kier molecular flexibility index (Phi) is 3.52. The zero-order valence-electron chi connectivity index (χ0n) is 9.87. The fraction of sp³-hybridized carbons (Fsp3) is 0.154. The van der Waals surface area contributed by atoms with Crippen LogP contribution < -0.4 is 5.32 Å². The molecule has 0 aliphatic rings. The van der Waals surface area contributed by atoms with Crippen LogP contribution in [0, 0.1) is 0 Å². The van der Waals surface area contributed by atoms with Crippen LogP contribution in [-0.4, -0.2) is 21.0 Å². The molecule has 0 bridgehead atoms. The summed E-state index contributed by atoms with van der Waals surface area (Å²) in [5.41, 5.74) is 1.19. The van der Waals surface area contributed by atoms with Crippen LogP contribution in [0.15, 0.2) is 42.9 Å². The van der Waals surface area contributed by atoms with Crippen LogP contribution in [-0.2, 0) is 0 Å². The van der Waals surface area contributed by atoms with Crippen LogP contribution in [0.5, 0.6) is 0 Å². The molecule has 0 saturated carbocycles. The van der Waals surface area contributed by atoms with Gasteiger partial charge in [-0.1, -0.05) is 0 Å². The van der Waals surface area contributed by atoms with E-state index in [9.17, 15) is 4.79 Å². The summed E-state index contributed by atoms with van der Waals surface area (Å²) in [7, 11) is 0. The fourth-order valence-electron chi connectivity index (χ4n) is 1.63. The van der Waals surface area contributed by atoms with Gasteiger partial charge in [0.15, 0.2) is 0 Å². The molecular weight excluding hydrogens is 230 g/mol. The summed E-state index contributed by atoms with van der Waals surface area (Å²) in [6.07, 6.45) is 4.96. The van der Waals surface area contributed by atoms with Crippen molar-refractivity contribution in [2.75, 3.05) is 5.32 Å². The van der Waals surface area contributed by atoms with Gasteiger partial charge in [0.1, 0.15) is 11.4 Å². The number of anilines is 1. The van der Waals surface area contributed by atoms with E-state index in [-0.39, 0.29) is 11.6 Å². The highest BCUT2D eigenvalue weighted by Crippen LogP contribution is 2.19. The minimum absolute atomic E-state index is 0.0407. The number of carbonyl (C=O) groups is 1. The second-order valence-corrected chi connectivity index (χ2v) is 3.85. The van der Waals surface area contributed by atoms with Gasteiger partial charge in [-0.25, -0.2) is 9.78 Å². The number of hydrogen-bond acceptors (Lipinski definition) is 4. The van der Waals surface area contributed by atoms with Crippen LogP contribution in [0.4, 0.5) is 5.82 Å². The minimum Gasteiger partial charge on any atom is -0.478 e. The number of nitrogens with zero attached hydrogens (tertiary/aromatic N) is 2. The van der Waals surface area contributed by atoms with Crippen molar-refractivity contribution >= 4 is 11.8 Å². The summed E-state index contributed by atoms with van der Waals surface area (Å²) < 4.78 is 0. The molecule has 0 fully saturated rings. The molecule has 2 heterocycles. The molecule has 5 heteroatoms. The average Bonchev–Trinajstić information content (AvgIpc) is 2.40. The first-order valence-electron chi connectivity index (χ1n) is 5.53. The van der Waals surface area contributed by atoms with Crippen molar-refractivity contribution in [1.29, 1.82) is 0 Å². The van der Waals surface area contributed by atoms with Crippen molar-refractivity contribution in [3.63, 3.8) is 0 Å². The third-order valence-corrected chi connectivity index (χ3v) is 2.60. The van der Waals surface area contributed by atoms with E-state index in [1.165, 1.54) is 6.07 Å². The molecule has 1 atom stereocenters. The molecule has 0 aromatic carbocycles. The highest BCUT2D eigenvalue weighted by Gasteiger charge is 2.13. The molecule has 2 aromatic rings. The molecule has 0 aliphatic heterocycles. The molecule has 2 aromatic heterocycles. The van der Waals surface area contributed by atoms with Crippen molar-refractivity contribution in [3.8, 4) is 0 Å². The Morgan fingerprint density at radius 1 is 1.28 bits per heavy atom. The largest absolute Gasteiger partial charge is 0.478 e. The van der Waals surface area contributed by atoms with Crippen molar-refractivity contribution < 1.29 is 9.90 Å². The topological polar surface area (TPSA) is 75.1 Å². The van der Waals surface area contributed by atoms with E-state index >= 15 is 0 Å². The lowest BCUT2D eigenvalue weighted by atomic mass is 10.1. The maximum Gasteiger partial charge on any atom is 0.339 e. The molecular formula is C13H13N3O2. The number of rotatable bonds is 4.